The molecule has 0 fully saturated rings. The number of fused-ring (bicyclic) bond motifs is 2. The van der Waals surface area contributed by atoms with Crippen LogP contribution in [0.5, 0.6) is 11.5 Å². The van der Waals surface area contributed by atoms with Crippen molar-refractivity contribution in [1.29, 1.82) is 0 Å². The molecule has 4 rings (SSSR count). The van der Waals surface area contributed by atoms with E-state index in [9.17, 15) is 4.79 Å². The van der Waals surface area contributed by atoms with Gasteiger partial charge in [0.2, 0.25) is 0 Å². The van der Waals surface area contributed by atoms with Crippen LogP contribution in [0, 0.1) is 0 Å². The van der Waals surface area contributed by atoms with E-state index in [2.05, 4.69) is 4.98 Å². The largest absolute Gasteiger partial charge is 0.493 e. The first-order valence-electron chi connectivity index (χ1n) is 8.23. The number of aromatic nitrogens is 2. The van der Waals surface area contributed by atoms with E-state index in [0.29, 0.717) is 28.1 Å². The summed E-state index contributed by atoms with van der Waals surface area (Å²) in [6, 6.07) is 13.1. The molecule has 130 valence electrons. The molecule has 2 aromatic heterocycles. The second-order valence-electron chi connectivity index (χ2n) is 6.11. The number of aryl methyl sites for hydroxylation is 1. The molecule has 0 aliphatic rings. The molecule has 0 atom stereocenters. The fourth-order valence-electron chi connectivity index (χ4n) is 3.25. The van der Waals surface area contributed by atoms with Crippen molar-refractivity contribution in [3.8, 4) is 11.5 Å². The molecule has 0 unspecified atom stereocenters. The Kier molecular flexibility index (Phi) is 3.84. The van der Waals surface area contributed by atoms with Crippen molar-refractivity contribution in [2.45, 2.75) is 0 Å². The van der Waals surface area contributed by atoms with Gasteiger partial charge in [-0.3, -0.25) is 9.78 Å². The number of rotatable bonds is 4. The molecule has 2 heterocycles. The van der Waals surface area contributed by atoms with Gasteiger partial charge >= 0.3 is 0 Å². The van der Waals surface area contributed by atoms with Crippen LogP contribution in [0.3, 0.4) is 0 Å². The van der Waals surface area contributed by atoms with Crippen molar-refractivity contribution < 1.29 is 14.3 Å². The number of pyridine rings is 1. The summed E-state index contributed by atoms with van der Waals surface area (Å²) in [6.45, 7) is 0. The lowest BCUT2D eigenvalue weighted by molar-refractivity contribution is 0.104. The summed E-state index contributed by atoms with van der Waals surface area (Å²) >= 11 is 0. The SMILES string of the molecule is COc1cc2nccc(C(=O)c3ccc4c(ccn4C)c3)c2cc1OC. The van der Waals surface area contributed by atoms with Crippen molar-refractivity contribution in [2.24, 2.45) is 7.05 Å². The zero-order chi connectivity index (χ0) is 18.3. The Morgan fingerprint density at radius 1 is 1.00 bits per heavy atom. The Hall–Kier alpha value is -3.34. The average molecular weight is 346 g/mol. The van der Waals surface area contributed by atoms with Crippen LogP contribution in [-0.2, 0) is 7.05 Å². The van der Waals surface area contributed by atoms with E-state index in [4.69, 9.17) is 9.47 Å². The van der Waals surface area contributed by atoms with Gasteiger partial charge in [-0.2, -0.15) is 0 Å². The zero-order valence-corrected chi connectivity index (χ0v) is 14.8. The monoisotopic (exact) mass is 346 g/mol. The standard InChI is InChI=1S/C21H18N2O3/c1-23-9-7-13-10-14(4-5-18(13)23)21(24)15-6-8-22-17-12-20(26-3)19(25-2)11-16(15)17/h4-12H,1-3H3. The summed E-state index contributed by atoms with van der Waals surface area (Å²) in [5, 5.41) is 1.78. The lowest BCUT2D eigenvalue weighted by Gasteiger charge is -2.11. The Morgan fingerprint density at radius 2 is 1.77 bits per heavy atom. The van der Waals surface area contributed by atoms with Crippen LogP contribution >= 0.6 is 0 Å². The van der Waals surface area contributed by atoms with Crippen LogP contribution in [0.1, 0.15) is 15.9 Å². The molecule has 5 heteroatoms. The third-order valence-corrected chi connectivity index (χ3v) is 4.64. The smallest absolute Gasteiger partial charge is 0.193 e. The molecule has 5 nitrogen and oxygen atoms in total. The molecule has 0 aliphatic heterocycles. The Labute approximate surface area is 150 Å². The van der Waals surface area contributed by atoms with Gasteiger partial charge in [0.05, 0.1) is 19.7 Å². The lowest BCUT2D eigenvalue weighted by atomic mass is 9.98. The maximum atomic E-state index is 13.2. The molecule has 26 heavy (non-hydrogen) atoms. The van der Waals surface area contributed by atoms with E-state index >= 15 is 0 Å². The second kappa shape index (κ2) is 6.19. The van der Waals surface area contributed by atoms with Crippen molar-refractivity contribution in [1.82, 2.24) is 9.55 Å². The van der Waals surface area contributed by atoms with Crippen LogP contribution in [-0.4, -0.2) is 29.6 Å². The molecule has 0 bridgehead atoms. The molecule has 0 saturated heterocycles. The summed E-state index contributed by atoms with van der Waals surface area (Å²) in [7, 11) is 5.14. The maximum absolute atomic E-state index is 13.2. The molecule has 0 spiro atoms. The first kappa shape index (κ1) is 16.1. The zero-order valence-electron chi connectivity index (χ0n) is 14.8. The highest BCUT2D eigenvalue weighted by molar-refractivity contribution is 6.17. The third kappa shape index (κ3) is 2.49. The quantitative estimate of drug-likeness (QED) is 0.525. The lowest BCUT2D eigenvalue weighted by Crippen LogP contribution is -2.03. The number of carbonyl (C=O) groups excluding carboxylic acids is 1. The molecular weight excluding hydrogens is 328 g/mol. The summed E-state index contributed by atoms with van der Waals surface area (Å²) < 4.78 is 12.7. The summed E-state index contributed by atoms with van der Waals surface area (Å²) in [4.78, 5) is 17.5. The van der Waals surface area contributed by atoms with Gasteiger partial charge in [-0.1, -0.05) is 0 Å². The summed E-state index contributed by atoms with van der Waals surface area (Å²) in [5.41, 5.74) is 3.01. The van der Waals surface area contributed by atoms with Crippen LogP contribution < -0.4 is 9.47 Å². The van der Waals surface area contributed by atoms with Gasteiger partial charge in [0.15, 0.2) is 17.3 Å². The fourth-order valence-corrected chi connectivity index (χ4v) is 3.25. The van der Waals surface area contributed by atoms with Gasteiger partial charge in [-0.25, -0.2) is 0 Å². The molecule has 4 aromatic rings. The molecule has 0 N–H and O–H groups in total. The topological polar surface area (TPSA) is 53.3 Å². The van der Waals surface area contributed by atoms with Crippen LogP contribution in [0.15, 0.2) is 54.9 Å². The summed E-state index contributed by atoms with van der Waals surface area (Å²) in [6.07, 6.45) is 3.63. The molecule has 0 amide bonds. The molecule has 0 radical (unpaired) electrons. The highest BCUT2D eigenvalue weighted by atomic mass is 16.5. The normalized spacial score (nSPS) is 11.0. The van der Waals surface area contributed by atoms with Crippen LogP contribution in [0.4, 0.5) is 0 Å². The number of nitrogens with zero attached hydrogens (tertiary/aromatic N) is 2. The predicted octanol–water partition coefficient (Wildman–Crippen LogP) is 3.97. The van der Waals surface area contributed by atoms with E-state index in [-0.39, 0.29) is 5.78 Å². The summed E-state index contributed by atoms with van der Waals surface area (Å²) in [5.74, 6) is 1.11. The highest BCUT2D eigenvalue weighted by Gasteiger charge is 2.16. The van der Waals surface area contributed by atoms with Crippen molar-refractivity contribution in [3.05, 3.63) is 66.0 Å². The Morgan fingerprint density at radius 3 is 2.54 bits per heavy atom. The average Bonchev–Trinajstić information content (AvgIpc) is 3.06. The van der Waals surface area contributed by atoms with E-state index < -0.39 is 0 Å². The first-order valence-corrected chi connectivity index (χ1v) is 8.23. The maximum Gasteiger partial charge on any atom is 0.193 e. The number of ketones is 1. The molecular formula is C21H18N2O3. The van der Waals surface area contributed by atoms with Crippen molar-refractivity contribution >= 4 is 27.6 Å². The number of carbonyl (C=O) groups is 1. The van der Waals surface area contributed by atoms with E-state index in [1.165, 1.54) is 0 Å². The highest BCUT2D eigenvalue weighted by Crippen LogP contribution is 2.33. The first-order chi connectivity index (χ1) is 12.6. The second-order valence-corrected chi connectivity index (χ2v) is 6.11. The number of methoxy groups -OCH3 is 2. The van der Waals surface area contributed by atoms with Crippen LogP contribution in [0.2, 0.25) is 0 Å². The van der Waals surface area contributed by atoms with Gasteiger partial charge in [0.25, 0.3) is 0 Å². The van der Waals surface area contributed by atoms with Gasteiger partial charge in [0.1, 0.15) is 0 Å². The van der Waals surface area contributed by atoms with E-state index in [0.717, 1.165) is 16.3 Å². The Balaban J connectivity index is 1.87. The van der Waals surface area contributed by atoms with E-state index in [1.807, 2.05) is 42.1 Å². The van der Waals surface area contributed by atoms with Crippen molar-refractivity contribution in [3.63, 3.8) is 0 Å². The minimum Gasteiger partial charge on any atom is -0.493 e. The van der Waals surface area contributed by atoms with Gasteiger partial charge in [-0.05, 0) is 36.4 Å². The van der Waals surface area contributed by atoms with E-state index in [1.54, 1.807) is 38.6 Å². The van der Waals surface area contributed by atoms with Gasteiger partial charge in [-0.15, -0.1) is 0 Å². The number of ether oxygens (including phenoxy) is 2. The predicted molar refractivity (Wildman–Crippen MR) is 101 cm³/mol. The molecule has 0 saturated carbocycles. The van der Waals surface area contributed by atoms with Gasteiger partial charge in [0, 0.05) is 52.9 Å². The fraction of sp³-hybridized carbons (Fsp3) is 0.143. The number of hydrogen-bond donors (Lipinski definition) is 0. The minimum absolute atomic E-state index is 0.0460. The number of hydrogen-bond acceptors (Lipinski definition) is 4. The Bertz CT molecular complexity index is 1140. The van der Waals surface area contributed by atoms with Gasteiger partial charge < -0.3 is 14.0 Å². The molecule has 0 aliphatic carbocycles. The minimum atomic E-state index is -0.0460. The van der Waals surface area contributed by atoms with Crippen molar-refractivity contribution in [2.75, 3.05) is 14.2 Å². The third-order valence-electron chi connectivity index (χ3n) is 4.64. The molecule has 2 aromatic carbocycles. The van der Waals surface area contributed by atoms with Crippen LogP contribution in [0.25, 0.3) is 21.8 Å². The number of benzene rings is 2.